The molecule has 0 saturated heterocycles. The summed E-state index contributed by atoms with van der Waals surface area (Å²) < 4.78 is 1.78. The first-order valence-corrected chi connectivity index (χ1v) is 8.70. The van der Waals surface area contributed by atoms with E-state index in [1.807, 2.05) is 24.4 Å². The zero-order chi connectivity index (χ0) is 17.9. The predicted octanol–water partition coefficient (Wildman–Crippen LogP) is 4.73. The molecule has 1 aromatic heterocycles. The van der Waals surface area contributed by atoms with Gasteiger partial charge in [-0.3, -0.25) is 4.79 Å². The van der Waals surface area contributed by atoms with Gasteiger partial charge in [-0.15, -0.1) is 0 Å². The zero-order valence-electron chi connectivity index (χ0n) is 14.0. The monoisotopic (exact) mass is 359 g/mol. The van der Waals surface area contributed by atoms with Crippen LogP contribution in [0.3, 0.4) is 0 Å². The van der Waals surface area contributed by atoms with Crippen molar-refractivity contribution in [2.24, 2.45) is 0 Å². The van der Waals surface area contributed by atoms with E-state index in [0.717, 1.165) is 11.3 Å². The molecule has 0 atom stereocenters. The normalized spacial score (nSPS) is 10.8. The van der Waals surface area contributed by atoms with Crippen LogP contribution in [0.1, 0.15) is 10.4 Å². The van der Waals surface area contributed by atoms with Gasteiger partial charge in [0.2, 0.25) is 5.78 Å². The van der Waals surface area contributed by atoms with Gasteiger partial charge in [0.25, 0.3) is 6.33 Å². The van der Waals surface area contributed by atoms with E-state index in [-0.39, 0.29) is 12.3 Å². The molecule has 0 aliphatic rings. The Morgan fingerprint density at radius 3 is 2.42 bits per heavy atom. The van der Waals surface area contributed by atoms with Gasteiger partial charge < -0.3 is 0 Å². The lowest BCUT2D eigenvalue weighted by molar-refractivity contribution is -0.686. The number of benzene rings is 3. The smallest absolute Gasteiger partial charge is 0.287 e. The van der Waals surface area contributed by atoms with Gasteiger partial charge in [0, 0.05) is 22.2 Å². The first-order valence-electron chi connectivity index (χ1n) is 8.32. The second-order valence-corrected chi connectivity index (χ2v) is 6.55. The van der Waals surface area contributed by atoms with Gasteiger partial charge in [-0.1, -0.05) is 41.9 Å². The van der Waals surface area contributed by atoms with Crippen LogP contribution in [-0.2, 0) is 6.54 Å². The number of nitrogens with zero attached hydrogens (tertiary/aromatic N) is 2. The van der Waals surface area contributed by atoms with Crippen molar-refractivity contribution in [3.05, 3.63) is 95.9 Å². The van der Waals surface area contributed by atoms with Gasteiger partial charge in [0.15, 0.2) is 12.2 Å². The molecular formula is C22H16ClN2O+. The molecule has 0 radical (unpaired) electrons. The van der Waals surface area contributed by atoms with Gasteiger partial charge in [-0.25, -0.2) is 4.57 Å². The molecule has 0 unspecified atom stereocenters. The lowest BCUT2D eigenvalue weighted by Crippen LogP contribution is -2.37. The number of halogens is 1. The molecule has 3 aromatic carbocycles. The van der Waals surface area contributed by atoms with E-state index in [2.05, 4.69) is 35.3 Å². The number of carbonyl (C=O) groups is 1. The van der Waals surface area contributed by atoms with Crippen LogP contribution in [0.25, 0.3) is 22.0 Å². The van der Waals surface area contributed by atoms with Crippen molar-refractivity contribution in [3.63, 3.8) is 0 Å². The molecule has 3 nitrogen and oxygen atoms in total. The molecule has 0 fully saturated rings. The molecule has 4 heteroatoms. The number of aromatic nitrogens is 2. The van der Waals surface area contributed by atoms with Gasteiger partial charge in [-0.05, 0) is 52.2 Å². The molecule has 0 saturated carbocycles. The van der Waals surface area contributed by atoms with Gasteiger partial charge in [0.1, 0.15) is 0 Å². The maximum absolute atomic E-state index is 12.3. The molecule has 0 amide bonds. The summed E-state index contributed by atoms with van der Waals surface area (Å²) in [6.07, 6.45) is 3.57. The molecular weight excluding hydrogens is 344 g/mol. The van der Waals surface area contributed by atoms with Crippen molar-refractivity contribution < 1.29 is 9.36 Å². The number of fused-ring (bicyclic) bond motifs is 1. The van der Waals surface area contributed by atoms with Gasteiger partial charge in [0.05, 0.1) is 6.20 Å². The summed E-state index contributed by atoms with van der Waals surface area (Å²) in [6.45, 7) is 0.243. The molecule has 0 spiro atoms. The van der Waals surface area contributed by atoms with Crippen LogP contribution in [-0.4, -0.2) is 10.8 Å². The molecule has 0 aliphatic heterocycles. The van der Waals surface area contributed by atoms with Crippen molar-refractivity contribution >= 4 is 28.2 Å². The van der Waals surface area contributed by atoms with E-state index in [9.17, 15) is 4.79 Å². The van der Waals surface area contributed by atoms with Crippen LogP contribution in [0.4, 0.5) is 0 Å². The lowest BCUT2D eigenvalue weighted by Gasteiger charge is -2.02. The fraction of sp³-hybridized carbons (Fsp3) is 0.0455. The molecule has 0 aliphatic carbocycles. The van der Waals surface area contributed by atoms with Gasteiger partial charge in [-0.2, -0.15) is 0 Å². The molecule has 0 N–H and O–H groups in total. The summed E-state index contributed by atoms with van der Waals surface area (Å²) in [6, 6.07) is 23.4. The first kappa shape index (κ1) is 16.4. The fourth-order valence-electron chi connectivity index (χ4n) is 2.89. The maximum Gasteiger partial charge on any atom is 0.287 e. The molecule has 126 valence electrons. The van der Waals surface area contributed by atoms with Crippen LogP contribution >= 0.6 is 11.6 Å². The summed E-state index contributed by atoms with van der Waals surface area (Å²) in [5.74, 6) is 0.0203. The Kier molecular flexibility index (Phi) is 4.46. The fourth-order valence-corrected chi connectivity index (χ4v) is 3.02. The number of hydrogen-bond donors (Lipinski definition) is 0. The van der Waals surface area contributed by atoms with Crippen LogP contribution < -0.4 is 4.57 Å². The van der Waals surface area contributed by atoms with E-state index in [4.69, 9.17) is 11.6 Å². The summed E-state index contributed by atoms with van der Waals surface area (Å²) in [4.78, 5) is 16.8. The highest BCUT2D eigenvalue weighted by atomic mass is 35.5. The Labute approximate surface area is 156 Å². The first-order chi connectivity index (χ1) is 12.7. The Hall–Kier alpha value is -3.04. The number of carbonyl (C=O) groups excluding carboxylic acids is 1. The number of hydrogen-bond acceptors (Lipinski definition) is 2. The topological polar surface area (TPSA) is 33.8 Å². The number of Topliss-reactive ketones (excluding diaryl/α,β-unsaturated/α-hetero) is 1. The quantitative estimate of drug-likeness (QED) is 0.390. The molecule has 26 heavy (non-hydrogen) atoms. The minimum Gasteiger partial charge on any atom is -0.290 e. The summed E-state index contributed by atoms with van der Waals surface area (Å²) >= 11 is 5.86. The van der Waals surface area contributed by atoms with Crippen LogP contribution in [0.15, 0.2) is 85.3 Å². The largest absolute Gasteiger partial charge is 0.290 e. The van der Waals surface area contributed by atoms with Crippen molar-refractivity contribution in [2.45, 2.75) is 6.54 Å². The molecule has 4 rings (SSSR count). The molecule has 1 heterocycles. The minimum atomic E-state index is 0.0203. The van der Waals surface area contributed by atoms with Crippen molar-refractivity contribution in [3.8, 4) is 11.3 Å². The van der Waals surface area contributed by atoms with Crippen LogP contribution in [0.2, 0.25) is 5.02 Å². The highest BCUT2D eigenvalue weighted by Crippen LogP contribution is 2.22. The van der Waals surface area contributed by atoms with Crippen molar-refractivity contribution in [2.75, 3.05) is 0 Å². The number of rotatable bonds is 4. The third kappa shape index (κ3) is 3.48. The second kappa shape index (κ2) is 7.06. The average molecular weight is 360 g/mol. The van der Waals surface area contributed by atoms with Crippen LogP contribution in [0, 0.1) is 0 Å². The third-order valence-corrected chi connectivity index (χ3v) is 4.56. The Balaban J connectivity index is 1.54. The van der Waals surface area contributed by atoms with E-state index >= 15 is 0 Å². The summed E-state index contributed by atoms with van der Waals surface area (Å²) in [5.41, 5.74) is 2.58. The summed E-state index contributed by atoms with van der Waals surface area (Å²) in [5, 5.41) is 3.01. The Bertz CT molecular complexity index is 1070. The van der Waals surface area contributed by atoms with E-state index in [1.54, 1.807) is 35.2 Å². The third-order valence-electron chi connectivity index (χ3n) is 4.31. The van der Waals surface area contributed by atoms with E-state index < -0.39 is 0 Å². The lowest BCUT2D eigenvalue weighted by atomic mass is 10.1. The van der Waals surface area contributed by atoms with Crippen molar-refractivity contribution in [1.29, 1.82) is 0 Å². The Morgan fingerprint density at radius 1 is 0.923 bits per heavy atom. The van der Waals surface area contributed by atoms with Crippen LogP contribution in [0.5, 0.6) is 0 Å². The van der Waals surface area contributed by atoms with E-state index in [0.29, 0.717) is 10.6 Å². The number of ketones is 1. The minimum absolute atomic E-state index is 0.0203. The standard InChI is InChI=1S/C22H16ClN2O/c23-20-9-7-17(8-10-20)22(26)14-25-12-11-21(24-15-25)19-6-5-16-3-1-2-4-18(16)13-19/h1-13,15H,14H2/q+1. The Morgan fingerprint density at radius 2 is 1.69 bits per heavy atom. The van der Waals surface area contributed by atoms with Gasteiger partial charge >= 0.3 is 0 Å². The average Bonchev–Trinajstić information content (AvgIpc) is 2.68. The predicted molar refractivity (Wildman–Crippen MR) is 103 cm³/mol. The SMILES string of the molecule is O=C(C[n+]1ccc(-c2ccc3ccccc3c2)nc1)c1ccc(Cl)cc1. The molecule has 0 bridgehead atoms. The zero-order valence-corrected chi connectivity index (χ0v) is 14.7. The summed E-state index contributed by atoms with van der Waals surface area (Å²) in [7, 11) is 0. The second-order valence-electron chi connectivity index (χ2n) is 6.11. The maximum atomic E-state index is 12.3. The highest BCUT2D eigenvalue weighted by Gasteiger charge is 2.12. The molecule has 4 aromatic rings. The van der Waals surface area contributed by atoms with E-state index in [1.165, 1.54) is 10.8 Å². The highest BCUT2D eigenvalue weighted by molar-refractivity contribution is 6.30. The van der Waals surface area contributed by atoms with Crippen molar-refractivity contribution in [1.82, 2.24) is 4.98 Å².